The minimum Gasteiger partial charge on any atom is -0.315 e. The van der Waals surface area contributed by atoms with Gasteiger partial charge in [0.25, 0.3) is 0 Å². The van der Waals surface area contributed by atoms with Crippen molar-refractivity contribution < 1.29 is 8.42 Å². The number of hydrogen-bond donors (Lipinski definition) is 1. The van der Waals surface area contributed by atoms with E-state index in [2.05, 4.69) is 26.1 Å². The molecule has 17 heavy (non-hydrogen) atoms. The first-order chi connectivity index (χ1) is 7.77. The largest absolute Gasteiger partial charge is 0.315 e. The van der Waals surface area contributed by atoms with Gasteiger partial charge in [-0.25, -0.2) is 8.42 Å². The van der Waals surface area contributed by atoms with Crippen LogP contribution in [0.5, 0.6) is 0 Å². The quantitative estimate of drug-likeness (QED) is 0.825. The van der Waals surface area contributed by atoms with Crippen LogP contribution in [-0.2, 0) is 9.84 Å². The van der Waals surface area contributed by atoms with E-state index in [4.69, 9.17) is 0 Å². The maximum absolute atomic E-state index is 12.1. The molecule has 3 nitrogen and oxygen atoms in total. The maximum Gasteiger partial charge on any atom is 0.154 e. The number of rotatable bonds is 5. The van der Waals surface area contributed by atoms with Crippen LogP contribution in [0, 0.1) is 11.8 Å². The lowest BCUT2D eigenvalue weighted by molar-refractivity contribution is 0.295. The van der Waals surface area contributed by atoms with Gasteiger partial charge >= 0.3 is 0 Å². The minimum absolute atomic E-state index is 0.506. The van der Waals surface area contributed by atoms with Crippen LogP contribution in [0.2, 0.25) is 0 Å². The van der Waals surface area contributed by atoms with Gasteiger partial charge in [-0.3, -0.25) is 0 Å². The Kier molecular flexibility index (Phi) is 5.02. The molecular formula is C13H27NO2S. The van der Waals surface area contributed by atoms with Crippen molar-refractivity contribution in [1.29, 1.82) is 0 Å². The molecule has 1 aliphatic carbocycles. The average molecular weight is 261 g/mol. The summed E-state index contributed by atoms with van der Waals surface area (Å²) in [6.07, 6.45) is 5.11. The lowest BCUT2D eigenvalue weighted by Gasteiger charge is -2.38. The molecular weight excluding hydrogens is 234 g/mol. The topological polar surface area (TPSA) is 46.2 Å². The Hall–Kier alpha value is -0.0900. The van der Waals surface area contributed by atoms with Gasteiger partial charge < -0.3 is 5.32 Å². The summed E-state index contributed by atoms with van der Waals surface area (Å²) in [6.45, 7) is 8.02. The normalized spacial score (nSPS) is 30.8. The van der Waals surface area contributed by atoms with Crippen LogP contribution >= 0.6 is 0 Å². The first kappa shape index (κ1) is 15.0. The zero-order chi connectivity index (χ0) is 13.1. The van der Waals surface area contributed by atoms with Crippen LogP contribution in [0.4, 0.5) is 0 Å². The highest BCUT2D eigenvalue weighted by atomic mass is 32.2. The Balaban J connectivity index is 2.68. The SMILES string of the molecule is CC(C)CNCC1(S(C)(=O)=O)CCC(C)CC1. The predicted octanol–water partition coefficient (Wildman–Crippen LogP) is 2.23. The summed E-state index contributed by atoms with van der Waals surface area (Å²) in [5, 5.41) is 3.34. The molecule has 1 aliphatic rings. The van der Waals surface area contributed by atoms with Crippen molar-refractivity contribution in [3.63, 3.8) is 0 Å². The monoisotopic (exact) mass is 261 g/mol. The van der Waals surface area contributed by atoms with Crippen molar-refractivity contribution in [2.75, 3.05) is 19.3 Å². The molecule has 0 spiro atoms. The summed E-state index contributed by atoms with van der Waals surface area (Å²) in [4.78, 5) is 0. The fourth-order valence-corrected chi connectivity index (χ4v) is 3.90. The van der Waals surface area contributed by atoms with E-state index in [0.29, 0.717) is 18.4 Å². The van der Waals surface area contributed by atoms with E-state index in [1.54, 1.807) is 0 Å². The molecule has 0 bridgehead atoms. The number of hydrogen-bond acceptors (Lipinski definition) is 3. The molecule has 1 saturated carbocycles. The van der Waals surface area contributed by atoms with Gasteiger partial charge in [-0.1, -0.05) is 20.8 Å². The third kappa shape index (κ3) is 3.95. The summed E-state index contributed by atoms with van der Waals surface area (Å²) >= 11 is 0. The second kappa shape index (κ2) is 5.70. The van der Waals surface area contributed by atoms with E-state index in [0.717, 1.165) is 32.2 Å². The Morgan fingerprint density at radius 2 is 1.82 bits per heavy atom. The van der Waals surface area contributed by atoms with Gasteiger partial charge in [-0.2, -0.15) is 0 Å². The lowest BCUT2D eigenvalue weighted by Crippen LogP contribution is -2.49. The van der Waals surface area contributed by atoms with Crippen LogP contribution in [-0.4, -0.2) is 32.5 Å². The molecule has 1 fully saturated rings. The van der Waals surface area contributed by atoms with Crippen molar-refractivity contribution in [2.24, 2.45) is 11.8 Å². The van der Waals surface area contributed by atoms with E-state index in [1.807, 2.05) is 0 Å². The molecule has 102 valence electrons. The van der Waals surface area contributed by atoms with Crippen molar-refractivity contribution >= 4 is 9.84 Å². The van der Waals surface area contributed by atoms with E-state index in [9.17, 15) is 8.42 Å². The van der Waals surface area contributed by atoms with E-state index in [-0.39, 0.29) is 0 Å². The Morgan fingerprint density at radius 3 is 2.24 bits per heavy atom. The molecule has 0 amide bonds. The molecule has 0 aromatic rings. The van der Waals surface area contributed by atoms with Gasteiger partial charge in [0.05, 0.1) is 4.75 Å². The predicted molar refractivity (Wildman–Crippen MR) is 72.9 cm³/mol. The highest BCUT2D eigenvalue weighted by molar-refractivity contribution is 7.92. The summed E-state index contributed by atoms with van der Waals surface area (Å²) < 4.78 is 23.6. The van der Waals surface area contributed by atoms with Gasteiger partial charge in [0.1, 0.15) is 0 Å². The van der Waals surface area contributed by atoms with Gasteiger partial charge in [0, 0.05) is 12.8 Å². The van der Waals surface area contributed by atoms with Crippen LogP contribution in [0.3, 0.4) is 0 Å². The van der Waals surface area contributed by atoms with E-state index < -0.39 is 14.6 Å². The Labute approximate surface area is 106 Å². The second-order valence-corrected chi connectivity index (χ2v) is 8.57. The van der Waals surface area contributed by atoms with Gasteiger partial charge in [0.2, 0.25) is 0 Å². The summed E-state index contributed by atoms with van der Waals surface area (Å²) in [5.41, 5.74) is 0. The summed E-state index contributed by atoms with van der Waals surface area (Å²) in [5.74, 6) is 1.24. The smallest absolute Gasteiger partial charge is 0.154 e. The molecule has 1 rings (SSSR count). The van der Waals surface area contributed by atoms with Gasteiger partial charge in [-0.15, -0.1) is 0 Å². The van der Waals surface area contributed by atoms with Crippen LogP contribution in [0.25, 0.3) is 0 Å². The molecule has 0 aromatic carbocycles. The highest BCUT2D eigenvalue weighted by Crippen LogP contribution is 2.37. The van der Waals surface area contributed by atoms with E-state index in [1.165, 1.54) is 6.26 Å². The average Bonchev–Trinajstić information content (AvgIpc) is 2.19. The summed E-state index contributed by atoms with van der Waals surface area (Å²) in [7, 11) is -2.97. The molecule has 1 N–H and O–H groups in total. The fraction of sp³-hybridized carbons (Fsp3) is 1.00. The molecule has 0 radical (unpaired) electrons. The first-order valence-electron chi connectivity index (χ1n) is 6.67. The van der Waals surface area contributed by atoms with Gasteiger partial charge in [-0.05, 0) is 44.1 Å². The minimum atomic E-state index is -2.97. The first-order valence-corrected chi connectivity index (χ1v) is 8.56. The zero-order valence-electron chi connectivity index (χ0n) is 11.6. The fourth-order valence-electron chi connectivity index (χ4n) is 2.56. The van der Waals surface area contributed by atoms with Gasteiger partial charge in [0.15, 0.2) is 9.84 Å². The third-order valence-corrected chi connectivity index (χ3v) is 6.10. The Bertz CT molecular complexity index is 327. The van der Waals surface area contributed by atoms with Crippen molar-refractivity contribution in [1.82, 2.24) is 5.32 Å². The maximum atomic E-state index is 12.1. The van der Waals surface area contributed by atoms with Crippen molar-refractivity contribution in [3.8, 4) is 0 Å². The summed E-state index contributed by atoms with van der Waals surface area (Å²) in [6, 6.07) is 0. The number of nitrogens with one attached hydrogen (secondary N) is 1. The molecule has 0 saturated heterocycles. The molecule has 4 heteroatoms. The zero-order valence-corrected chi connectivity index (χ0v) is 12.4. The third-order valence-electron chi connectivity index (χ3n) is 3.97. The molecule has 0 atom stereocenters. The standard InChI is InChI=1S/C13H27NO2S/c1-11(2)9-14-10-13(17(4,15)16)7-5-12(3)6-8-13/h11-12,14H,5-10H2,1-4H3. The molecule has 0 heterocycles. The Morgan fingerprint density at radius 1 is 1.29 bits per heavy atom. The number of sulfone groups is 1. The highest BCUT2D eigenvalue weighted by Gasteiger charge is 2.42. The molecule has 0 unspecified atom stereocenters. The van der Waals surface area contributed by atoms with E-state index >= 15 is 0 Å². The van der Waals surface area contributed by atoms with Crippen molar-refractivity contribution in [2.45, 2.75) is 51.2 Å². The molecule has 0 aromatic heterocycles. The van der Waals surface area contributed by atoms with Crippen LogP contribution in [0.1, 0.15) is 46.5 Å². The van der Waals surface area contributed by atoms with Crippen LogP contribution in [0.15, 0.2) is 0 Å². The molecule has 0 aliphatic heterocycles. The van der Waals surface area contributed by atoms with Crippen LogP contribution < -0.4 is 5.32 Å². The van der Waals surface area contributed by atoms with Crippen molar-refractivity contribution in [3.05, 3.63) is 0 Å². The lowest BCUT2D eigenvalue weighted by atomic mass is 9.82. The second-order valence-electron chi connectivity index (χ2n) is 6.16.